The highest BCUT2D eigenvalue weighted by Gasteiger charge is 2.25. The minimum Gasteiger partial charge on any atom is -0.495 e. The van der Waals surface area contributed by atoms with Gasteiger partial charge in [0.25, 0.3) is 6.43 Å². The number of alkyl halides is 2. The molecule has 0 amide bonds. The van der Waals surface area contributed by atoms with Crippen LogP contribution in [0.1, 0.15) is 22.5 Å². The van der Waals surface area contributed by atoms with Gasteiger partial charge in [-0.25, -0.2) is 13.6 Å². The monoisotopic (exact) mass is 281 g/mol. The molecule has 0 fully saturated rings. The number of nitrogens with zero attached hydrogens (tertiary/aromatic N) is 1. The third-order valence-corrected chi connectivity index (χ3v) is 2.21. The van der Waals surface area contributed by atoms with Crippen LogP contribution in [0.5, 0.6) is 5.75 Å². The van der Waals surface area contributed by atoms with Crippen molar-refractivity contribution in [3.05, 3.63) is 21.9 Å². The predicted octanol–water partition coefficient (Wildman–Crippen LogP) is 2.49. The Balaban J connectivity index is 3.49. The molecule has 1 N–H and O–H groups in total. The summed E-state index contributed by atoms with van der Waals surface area (Å²) in [6, 6.07) is 0. The summed E-state index contributed by atoms with van der Waals surface area (Å²) in [7, 11) is 1.20. The molecule has 0 saturated heterocycles. The van der Waals surface area contributed by atoms with Crippen LogP contribution < -0.4 is 4.74 Å². The Hall–Kier alpha value is -1.24. The van der Waals surface area contributed by atoms with Crippen molar-refractivity contribution in [3.63, 3.8) is 0 Å². The van der Waals surface area contributed by atoms with Crippen molar-refractivity contribution < 1.29 is 23.4 Å². The third-order valence-electron chi connectivity index (χ3n) is 1.64. The van der Waals surface area contributed by atoms with E-state index in [0.717, 1.165) is 6.20 Å². The summed E-state index contributed by atoms with van der Waals surface area (Å²) in [4.78, 5) is 14.1. The zero-order chi connectivity index (χ0) is 11.6. The largest absolute Gasteiger partial charge is 0.495 e. The van der Waals surface area contributed by atoms with E-state index in [0.29, 0.717) is 0 Å². The average molecular weight is 282 g/mol. The Morgan fingerprint density at radius 2 is 2.27 bits per heavy atom. The molecule has 1 aromatic rings. The topological polar surface area (TPSA) is 59.4 Å². The highest BCUT2D eigenvalue weighted by molar-refractivity contribution is 9.10. The van der Waals surface area contributed by atoms with E-state index in [1.165, 1.54) is 7.11 Å². The minimum absolute atomic E-state index is 0.159. The van der Waals surface area contributed by atoms with E-state index in [1.807, 2.05) is 0 Å². The first-order valence-corrected chi connectivity index (χ1v) is 4.52. The molecular formula is C8H6BrF2NO3. The number of halogens is 3. The molecule has 0 bridgehead atoms. The van der Waals surface area contributed by atoms with Crippen LogP contribution >= 0.6 is 15.9 Å². The van der Waals surface area contributed by atoms with E-state index in [-0.39, 0.29) is 10.2 Å². The van der Waals surface area contributed by atoms with Gasteiger partial charge >= 0.3 is 5.97 Å². The molecule has 0 aliphatic carbocycles. The molecule has 82 valence electrons. The number of hydrogen-bond donors (Lipinski definition) is 1. The molecular weight excluding hydrogens is 276 g/mol. The zero-order valence-electron chi connectivity index (χ0n) is 7.50. The molecule has 0 aromatic carbocycles. The maximum absolute atomic E-state index is 12.4. The smallest absolute Gasteiger partial charge is 0.341 e. The van der Waals surface area contributed by atoms with Gasteiger partial charge in [0, 0.05) is 6.20 Å². The summed E-state index contributed by atoms with van der Waals surface area (Å²) in [5, 5.41) is 8.78. The van der Waals surface area contributed by atoms with E-state index in [1.54, 1.807) is 0 Å². The molecule has 1 rings (SSSR count). The van der Waals surface area contributed by atoms with Crippen LogP contribution in [0.2, 0.25) is 0 Å². The van der Waals surface area contributed by atoms with Gasteiger partial charge in [-0.3, -0.25) is 4.98 Å². The third kappa shape index (κ3) is 2.23. The van der Waals surface area contributed by atoms with E-state index >= 15 is 0 Å². The molecule has 0 aliphatic rings. The van der Waals surface area contributed by atoms with Crippen molar-refractivity contribution in [2.75, 3.05) is 7.11 Å². The Bertz CT molecular complexity index is 398. The van der Waals surface area contributed by atoms with E-state index in [9.17, 15) is 13.6 Å². The van der Waals surface area contributed by atoms with Crippen LogP contribution in [-0.4, -0.2) is 23.2 Å². The van der Waals surface area contributed by atoms with Crippen LogP contribution in [0.25, 0.3) is 0 Å². The lowest BCUT2D eigenvalue weighted by Gasteiger charge is -2.10. The number of rotatable bonds is 3. The second kappa shape index (κ2) is 4.52. The number of pyridine rings is 1. The van der Waals surface area contributed by atoms with Gasteiger partial charge in [-0.1, -0.05) is 0 Å². The Kier molecular flexibility index (Phi) is 3.57. The summed E-state index contributed by atoms with van der Waals surface area (Å²) < 4.78 is 29.8. The van der Waals surface area contributed by atoms with Crippen molar-refractivity contribution >= 4 is 21.9 Å². The van der Waals surface area contributed by atoms with E-state index < -0.39 is 23.7 Å². The van der Waals surface area contributed by atoms with Crippen LogP contribution in [0, 0.1) is 0 Å². The number of carboxylic acid groups (broad SMARTS) is 1. The fourth-order valence-corrected chi connectivity index (χ4v) is 1.52. The first kappa shape index (κ1) is 11.8. The van der Waals surface area contributed by atoms with Gasteiger partial charge in [0.1, 0.15) is 11.3 Å². The highest BCUT2D eigenvalue weighted by atomic mass is 79.9. The van der Waals surface area contributed by atoms with Gasteiger partial charge in [0.15, 0.2) is 5.75 Å². The van der Waals surface area contributed by atoms with Crippen LogP contribution in [0.4, 0.5) is 8.78 Å². The molecule has 4 nitrogen and oxygen atoms in total. The lowest BCUT2D eigenvalue weighted by molar-refractivity contribution is 0.0677. The number of carbonyl (C=O) groups is 1. The number of aromatic nitrogens is 1. The summed E-state index contributed by atoms with van der Waals surface area (Å²) in [6.07, 6.45) is -1.88. The van der Waals surface area contributed by atoms with Gasteiger partial charge in [-0.2, -0.15) is 0 Å². The summed E-state index contributed by atoms with van der Waals surface area (Å²) in [5.41, 5.74) is -1.43. The number of aromatic carboxylic acids is 1. The van der Waals surface area contributed by atoms with Gasteiger partial charge in [-0.05, 0) is 15.9 Å². The lowest BCUT2D eigenvalue weighted by atomic mass is 10.2. The van der Waals surface area contributed by atoms with Gasteiger partial charge in [0.05, 0.1) is 11.6 Å². The van der Waals surface area contributed by atoms with Crippen molar-refractivity contribution in [1.82, 2.24) is 4.98 Å². The molecule has 0 saturated carbocycles. The molecule has 7 heteroatoms. The maximum atomic E-state index is 12.4. The Labute approximate surface area is 92.0 Å². The van der Waals surface area contributed by atoms with Crippen molar-refractivity contribution in [3.8, 4) is 5.75 Å². The second-order valence-corrected chi connectivity index (χ2v) is 3.36. The molecule has 1 aromatic heterocycles. The summed E-state index contributed by atoms with van der Waals surface area (Å²) in [6.45, 7) is 0. The highest BCUT2D eigenvalue weighted by Crippen LogP contribution is 2.33. The quantitative estimate of drug-likeness (QED) is 0.925. The lowest BCUT2D eigenvalue weighted by Crippen LogP contribution is -2.08. The second-order valence-electron chi connectivity index (χ2n) is 2.51. The molecule has 0 unspecified atom stereocenters. The first-order valence-electron chi connectivity index (χ1n) is 3.72. The predicted molar refractivity (Wildman–Crippen MR) is 50.4 cm³/mol. The standard InChI is InChI=1S/C8H6BrF2NO3/c1-15-6-3(9)2-12-5(7(10)11)4(6)8(13)14/h2,7H,1H3,(H,13,14). The molecule has 0 atom stereocenters. The molecule has 0 aliphatic heterocycles. The normalized spacial score (nSPS) is 10.5. The van der Waals surface area contributed by atoms with Crippen molar-refractivity contribution in [2.45, 2.75) is 6.43 Å². The molecule has 0 spiro atoms. The number of carboxylic acids is 1. The zero-order valence-corrected chi connectivity index (χ0v) is 9.09. The number of methoxy groups -OCH3 is 1. The average Bonchev–Trinajstić information content (AvgIpc) is 2.16. The Morgan fingerprint density at radius 1 is 1.67 bits per heavy atom. The SMILES string of the molecule is COc1c(Br)cnc(C(F)F)c1C(=O)O. The van der Waals surface area contributed by atoms with Crippen molar-refractivity contribution in [1.29, 1.82) is 0 Å². The Morgan fingerprint density at radius 3 is 2.67 bits per heavy atom. The van der Waals surface area contributed by atoms with E-state index in [4.69, 9.17) is 9.84 Å². The number of ether oxygens (including phenoxy) is 1. The summed E-state index contributed by atoms with van der Waals surface area (Å²) in [5.74, 6) is -1.66. The van der Waals surface area contributed by atoms with Gasteiger partial charge in [-0.15, -0.1) is 0 Å². The minimum atomic E-state index is -2.96. The number of hydrogen-bond acceptors (Lipinski definition) is 3. The van der Waals surface area contributed by atoms with Crippen LogP contribution in [0.3, 0.4) is 0 Å². The fourth-order valence-electron chi connectivity index (χ4n) is 1.06. The van der Waals surface area contributed by atoms with E-state index in [2.05, 4.69) is 20.9 Å². The maximum Gasteiger partial charge on any atom is 0.341 e. The fraction of sp³-hybridized carbons (Fsp3) is 0.250. The molecule has 15 heavy (non-hydrogen) atoms. The molecule has 1 heterocycles. The van der Waals surface area contributed by atoms with Gasteiger partial charge in [0.2, 0.25) is 0 Å². The molecule has 0 radical (unpaired) electrons. The van der Waals surface area contributed by atoms with Crippen LogP contribution in [0.15, 0.2) is 10.7 Å². The van der Waals surface area contributed by atoms with Gasteiger partial charge < -0.3 is 9.84 Å². The van der Waals surface area contributed by atoms with Crippen LogP contribution in [-0.2, 0) is 0 Å². The summed E-state index contributed by atoms with van der Waals surface area (Å²) >= 11 is 2.96. The first-order chi connectivity index (χ1) is 6.99. The van der Waals surface area contributed by atoms with Crippen molar-refractivity contribution in [2.24, 2.45) is 0 Å².